The number of fused-ring (bicyclic) bond motifs is 1. The van der Waals surface area contributed by atoms with Crippen LogP contribution in [0.25, 0.3) is 10.9 Å². The Hall–Kier alpha value is -3.12. The molecule has 0 aliphatic rings. The van der Waals surface area contributed by atoms with E-state index in [1.165, 1.54) is 13.0 Å². The predicted molar refractivity (Wildman–Crippen MR) is 105 cm³/mol. The van der Waals surface area contributed by atoms with Crippen molar-refractivity contribution in [2.45, 2.75) is 20.4 Å². The summed E-state index contributed by atoms with van der Waals surface area (Å²) in [4.78, 5) is 39.8. The third kappa shape index (κ3) is 3.71. The fraction of sp³-hybridized carbons (Fsp3) is 0.150. The summed E-state index contributed by atoms with van der Waals surface area (Å²) in [6.07, 6.45) is 0. The summed E-state index contributed by atoms with van der Waals surface area (Å²) < 4.78 is 0. The number of aromatic nitrogens is 1. The van der Waals surface area contributed by atoms with Crippen LogP contribution in [0.15, 0.2) is 47.3 Å². The van der Waals surface area contributed by atoms with Crippen molar-refractivity contribution in [2.75, 3.05) is 4.90 Å². The minimum absolute atomic E-state index is 0.165. The Kier molecular flexibility index (Phi) is 5.01. The lowest BCUT2D eigenvalue weighted by Gasteiger charge is -2.24. The molecular weight excluding hydrogens is 368 g/mol. The molecule has 6 nitrogen and oxygen atoms in total. The molecule has 0 saturated heterocycles. The molecule has 1 heterocycles. The number of pyridine rings is 1. The van der Waals surface area contributed by atoms with Crippen molar-refractivity contribution in [3.8, 4) is 0 Å². The van der Waals surface area contributed by atoms with Gasteiger partial charge >= 0.3 is 5.97 Å². The molecule has 0 spiro atoms. The van der Waals surface area contributed by atoms with Crippen molar-refractivity contribution in [1.82, 2.24) is 4.98 Å². The number of para-hydroxylation sites is 1. The molecule has 27 heavy (non-hydrogen) atoms. The number of nitrogens with zero attached hydrogens (tertiary/aromatic N) is 1. The lowest BCUT2D eigenvalue weighted by Crippen LogP contribution is -2.29. The van der Waals surface area contributed by atoms with Crippen LogP contribution in [-0.4, -0.2) is 22.0 Å². The number of H-pyrrole nitrogens is 1. The zero-order valence-electron chi connectivity index (χ0n) is 14.7. The summed E-state index contributed by atoms with van der Waals surface area (Å²) in [5.41, 5.74) is 1.68. The summed E-state index contributed by atoms with van der Waals surface area (Å²) in [5.74, 6) is -1.48. The van der Waals surface area contributed by atoms with Crippen LogP contribution in [0, 0.1) is 6.92 Å². The monoisotopic (exact) mass is 384 g/mol. The number of aromatic carboxylic acids is 1. The van der Waals surface area contributed by atoms with Crippen LogP contribution >= 0.6 is 11.6 Å². The van der Waals surface area contributed by atoms with Gasteiger partial charge in [0.05, 0.1) is 12.1 Å². The van der Waals surface area contributed by atoms with Crippen LogP contribution in [0.4, 0.5) is 5.69 Å². The average molecular weight is 385 g/mol. The molecule has 0 bridgehead atoms. The van der Waals surface area contributed by atoms with Gasteiger partial charge in [-0.05, 0) is 42.3 Å². The first-order valence-corrected chi connectivity index (χ1v) is 8.58. The molecule has 1 amide bonds. The smallest absolute Gasteiger partial charge is 0.341 e. The number of carboxylic acid groups (broad SMARTS) is 1. The summed E-state index contributed by atoms with van der Waals surface area (Å²) in [6, 6.07) is 12.0. The Labute approximate surface area is 160 Å². The Balaban J connectivity index is 2.17. The Morgan fingerprint density at radius 1 is 1.19 bits per heavy atom. The molecule has 0 radical (unpaired) electrons. The molecule has 3 aromatic rings. The number of anilines is 1. The number of hydrogen-bond donors (Lipinski definition) is 2. The van der Waals surface area contributed by atoms with E-state index in [2.05, 4.69) is 4.98 Å². The van der Waals surface area contributed by atoms with Crippen molar-refractivity contribution in [1.29, 1.82) is 0 Å². The average Bonchev–Trinajstić information content (AvgIpc) is 2.59. The predicted octanol–water partition coefficient (Wildman–Crippen LogP) is 3.74. The van der Waals surface area contributed by atoms with Crippen LogP contribution in [0.3, 0.4) is 0 Å². The molecule has 0 atom stereocenters. The third-order valence-corrected chi connectivity index (χ3v) is 4.56. The number of aryl methyl sites for hydroxylation is 1. The number of hydrogen-bond acceptors (Lipinski definition) is 3. The first-order valence-electron chi connectivity index (χ1n) is 8.20. The number of nitrogens with one attached hydrogen (secondary N) is 1. The number of amides is 1. The quantitative estimate of drug-likeness (QED) is 0.716. The van der Waals surface area contributed by atoms with Crippen molar-refractivity contribution in [2.24, 2.45) is 0 Å². The van der Waals surface area contributed by atoms with Gasteiger partial charge in [-0.1, -0.05) is 29.8 Å². The molecule has 0 unspecified atom stereocenters. The maximum atomic E-state index is 12.3. The third-order valence-electron chi connectivity index (χ3n) is 4.34. The van der Waals surface area contributed by atoms with Gasteiger partial charge in [-0.2, -0.15) is 0 Å². The minimum Gasteiger partial charge on any atom is -0.477 e. The van der Waals surface area contributed by atoms with Crippen LogP contribution < -0.4 is 10.5 Å². The van der Waals surface area contributed by atoms with E-state index in [0.717, 1.165) is 11.3 Å². The Morgan fingerprint density at radius 2 is 1.89 bits per heavy atom. The van der Waals surface area contributed by atoms with Gasteiger partial charge in [0.15, 0.2) is 0 Å². The van der Waals surface area contributed by atoms with Gasteiger partial charge < -0.3 is 15.0 Å². The van der Waals surface area contributed by atoms with Gasteiger partial charge in [0, 0.05) is 23.0 Å². The highest BCUT2D eigenvalue weighted by molar-refractivity contribution is 6.31. The maximum Gasteiger partial charge on any atom is 0.341 e. The lowest BCUT2D eigenvalue weighted by atomic mass is 10.1. The number of benzene rings is 2. The van der Waals surface area contributed by atoms with Gasteiger partial charge in [0.25, 0.3) is 5.56 Å². The maximum absolute atomic E-state index is 12.3. The number of carbonyl (C=O) groups excluding carboxylic acids is 1. The molecule has 3 rings (SSSR count). The lowest BCUT2D eigenvalue weighted by molar-refractivity contribution is -0.116. The van der Waals surface area contributed by atoms with Crippen LogP contribution in [-0.2, 0) is 11.3 Å². The van der Waals surface area contributed by atoms with Crippen molar-refractivity contribution < 1.29 is 14.7 Å². The molecule has 0 fully saturated rings. The first-order chi connectivity index (χ1) is 12.8. The highest BCUT2D eigenvalue weighted by Crippen LogP contribution is 2.27. The van der Waals surface area contributed by atoms with Gasteiger partial charge in [-0.25, -0.2) is 4.79 Å². The summed E-state index contributed by atoms with van der Waals surface area (Å²) in [7, 11) is 0. The molecular formula is C20H17ClN2O4. The van der Waals surface area contributed by atoms with E-state index in [1.54, 1.807) is 17.0 Å². The molecule has 2 N–H and O–H groups in total. The highest BCUT2D eigenvalue weighted by Gasteiger charge is 2.18. The fourth-order valence-electron chi connectivity index (χ4n) is 3.04. The molecule has 2 aromatic carbocycles. The zero-order chi connectivity index (χ0) is 19.7. The second-order valence-corrected chi connectivity index (χ2v) is 6.67. The Bertz CT molecular complexity index is 1120. The van der Waals surface area contributed by atoms with E-state index < -0.39 is 11.5 Å². The van der Waals surface area contributed by atoms with E-state index in [0.29, 0.717) is 21.5 Å². The van der Waals surface area contributed by atoms with Crippen molar-refractivity contribution >= 4 is 40.1 Å². The van der Waals surface area contributed by atoms with Gasteiger partial charge in [-0.3, -0.25) is 9.59 Å². The highest BCUT2D eigenvalue weighted by atomic mass is 35.5. The fourth-order valence-corrected chi connectivity index (χ4v) is 3.29. The molecule has 0 aliphatic heterocycles. The van der Waals surface area contributed by atoms with Gasteiger partial charge in [-0.15, -0.1) is 0 Å². The number of rotatable bonds is 4. The van der Waals surface area contributed by atoms with E-state index in [1.807, 2.05) is 31.2 Å². The van der Waals surface area contributed by atoms with Crippen LogP contribution in [0.2, 0.25) is 5.02 Å². The first kappa shape index (κ1) is 18.7. The summed E-state index contributed by atoms with van der Waals surface area (Å²) in [6.45, 7) is 3.55. The second-order valence-electron chi connectivity index (χ2n) is 6.24. The van der Waals surface area contributed by atoms with Crippen molar-refractivity contribution in [3.05, 3.63) is 74.5 Å². The molecule has 0 aliphatic carbocycles. The van der Waals surface area contributed by atoms with E-state index in [-0.39, 0.29) is 18.0 Å². The molecule has 7 heteroatoms. The summed E-state index contributed by atoms with van der Waals surface area (Å²) in [5, 5.41) is 10.0. The SMILES string of the molecule is CC(=O)N(Cc1cc(Cl)cc2cc(C(=O)O)c(=O)[nH]c12)c1ccccc1C. The Morgan fingerprint density at radius 3 is 2.52 bits per heavy atom. The topological polar surface area (TPSA) is 90.5 Å². The molecule has 1 aromatic heterocycles. The normalized spacial score (nSPS) is 10.8. The second kappa shape index (κ2) is 7.25. The van der Waals surface area contributed by atoms with E-state index in [4.69, 9.17) is 16.7 Å². The summed E-state index contributed by atoms with van der Waals surface area (Å²) >= 11 is 6.19. The number of carbonyl (C=O) groups is 2. The van der Waals surface area contributed by atoms with E-state index in [9.17, 15) is 14.4 Å². The van der Waals surface area contributed by atoms with Crippen LogP contribution in [0.1, 0.15) is 28.4 Å². The zero-order valence-corrected chi connectivity index (χ0v) is 15.5. The standard InChI is InChI=1S/C20H17ClN2O4/c1-11-5-3-4-6-17(11)23(12(2)24)10-14-8-15(21)7-13-9-16(20(26)27)19(25)22-18(13)14/h3-9H,10H2,1-2H3,(H,22,25)(H,26,27). The largest absolute Gasteiger partial charge is 0.477 e. The van der Waals surface area contributed by atoms with Crippen molar-refractivity contribution in [3.63, 3.8) is 0 Å². The number of aromatic amines is 1. The number of halogens is 1. The molecule has 138 valence electrons. The number of carboxylic acids is 1. The molecule has 0 saturated carbocycles. The van der Waals surface area contributed by atoms with E-state index >= 15 is 0 Å². The minimum atomic E-state index is -1.31. The van der Waals surface area contributed by atoms with Gasteiger partial charge in [0.1, 0.15) is 5.56 Å². The van der Waals surface area contributed by atoms with Crippen LogP contribution in [0.5, 0.6) is 0 Å². The van der Waals surface area contributed by atoms with Gasteiger partial charge in [0.2, 0.25) is 5.91 Å².